The highest BCUT2D eigenvalue weighted by atomic mass is 16.5. The zero-order valence-electron chi connectivity index (χ0n) is 20.1. The highest BCUT2D eigenvalue weighted by Crippen LogP contribution is 2.27. The molecule has 1 aliphatic rings. The Morgan fingerprint density at radius 1 is 0.939 bits per heavy atom. The number of hydrogen-bond acceptors (Lipinski definition) is 5. The Bertz CT molecular complexity index is 950. The molecule has 7 nitrogen and oxygen atoms in total. The van der Waals surface area contributed by atoms with Gasteiger partial charge in [-0.3, -0.25) is 9.59 Å². The predicted octanol–water partition coefficient (Wildman–Crippen LogP) is 4.02. The number of carbonyl (C=O) groups excluding carboxylic acids is 2. The zero-order chi connectivity index (χ0) is 24.0. The fourth-order valence-electron chi connectivity index (χ4n) is 3.93. The lowest BCUT2D eigenvalue weighted by molar-refractivity contribution is -0.139. The minimum absolute atomic E-state index is 0.00875. The average Bonchev–Trinajstić information content (AvgIpc) is 2.83. The summed E-state index contributed by atoms with van der Waals surface area (Å²) in [5.74, 6) is 2.03. The molecule has 0 aromatic heterocycles. The molecule has 1 saturated heterocycles. The number of benzene rings is 2. The van der Waals surface area contributed by atoms with Crippen molar-refractivity contribution in [2.24, 2.45) is 0 Å². The van der Waals surface area contributed by atoms with E-state index in [4.69, 9.17) is 14.2 Å². The lowest BCUT2D eigenvalue weighted by Crippen LogP contribution is -2.49. The molecule has 0 spiro atoms. The molecule has 7 heteroatoms. The van der Waals surface area contributed by atoms with Crippen molar-refractivity contribution in [1.82, 2.24) is 10.2 Å². The third-order valence-electron chi connectivity index (χ3n) is 5.99. The number of methoxy groups -OCH3 is 2. The van der Waals surface area contributed by atoms with Crippen LogP contribution in [0.4, 0.5) is 0 Å². The number of likely N-dealkylation sites (tertiary alicyclic amines) is 1. The molecule has 0 bridgehead atoms. The Morgan fingerprint density at radius 2 is 1.58 bits per heavy atom. The van der Waals surface area contributed by atoms with Crippen molar-refractivity contribution < 1.29 is 23.8 Å². The Kier molecular flexibility index (Phi) is 8.20. The number of piperidine rings is 1. The number of rotatable bonds is 8. The summed E-state index contributed by atoms with van der Waals surface area (Å²) < 4.78 is 16.4. The summed E-state index contributed by atoms with van der Waals surface area (Å²) in [6.07, 6.45) is 0.828. The summed E-state index contributed by atoms with van der Waals surface area (Å²) in [4.78, 5) is 27.3. The van der Waals surface area contributed by atoms with Gasteiger partial charge in [-0.1, -0.05) is 26.0 Å². The van der Waals surface area contributed by atoms with E-state index in [9.17, 15) is 9.59 Å². The minimum Gasteiger partial charge on any atom is -0.493 e. The number of ether oxygens (including phenoxy) is 3. The van der Waals surface area contributed by atoms with Crippen LogP contribution in [0.3, 0.4) is 0 Å². The SMILES string of the molecule is COc1ccc(C(=O)NC2CCN(C(=O)C(C)Oc3ccc(C(C)C)cc3)CC2)cc1OC. The van der Waals surface area contributed by atoms with Crippen LogP contribution in [-0.4, -0.2) is 56.2 Å². The quantitative estimate of drug-likeness (QED) is 0.652. The normalized spacial score (nSPS) is 15.2. The van der Waals surface area contributed by atoms with Gasteiger partial charge in [-0.25, -0.2) is 0 Å². The zero-order valence-corrected chi connectivity index (χ0v) is 20.1. The molecule has 1 N–H and O–H groups in total. The molecule has 2 aromatic carbocycles. The number of nitrogens with one attached hydrogen (secondary N) is 1. The number of amides is 2. The van der Waals surface area contributed by atoms with Gasteiger partial charge in [0.2, 0.25) is 0 Å². The molecule has 0 aliphatic carbocycles. The summed E-state index contributed by atoms with van der Waals surface area (Å²) in [6.45, 7) is 7.22. The van der Waals surface area contributed by atoms with Crippen LogP contribution >= 0.6 is 0 Å². The van der Waals surface area contributed by atoms with Gasteiger partial charge in [0, 0.05) is 24.7 Å². The summed E-state index contributed by atoms with van der Waals surface area (Å²) in [5, 5.41) is 3.06. The largest absolute Gasteiger partial charge is 0.493 e. The Morgan fingerprint density at radius 3 is 2.15 bits per heavy atom. The van der Waals surface area contributed by atoms with Crippen LogP contribution in [-0.2, 0) is 4.79 Å². The molecule has 1 fully saturated rings. The van der Waals surface area contributed by atoms with Crippen molar-refractivity contribution in [3.05, 3.63) is 53.6 Å². The van der Waals surface area contributed by atoms with Gasteiger partial charge < -0.3 is 24.4 Å². The van der Waals surface area contributed by atoms with Crippen molar-refractivity contribution in [3.63, 3.8) is 0 Å². The third-order valence-corrected chi connectivity index (χ3v) is 5.99. The fourth-order valence-corrected chi connectivity index (χ4v) is 3.93. The monoisotopic (exact) mass is 454 g/mol. The van der Waals surface area contributed by atoms with Gasteiger partial charge in [0.05, 0.1) is 14.2 Å². The first-order valence-electron chi connectivity index (χ1n) is 11.4. The third kappa shape index (κ3) is 6.18. The molecule has 1 aliphatic heterocycles. The van der Waals surface area contributed by atoms with E-state index in [0.717, 1.165) is 0 Å². The van der Waals surface area contributed by atoms with Gasteiger partial charge in [0.1, 0.15) is 5.75 Å². The first-order chi connectivity index (χ1) is 15.8. The van der Waals surface area contributed by atoms with Crippen LogP contribution in [0.25, 0.3) is 0 Å². The maximum absolute atomic E-state index is 12.8. The van der Waals surface area contributed by atoms with Crippen molar-refractivity contribution in [2.45, 2.75) is 51.7 Å². The van der Waals surface area contributed by atoms with Crippen LogP contribution in [0.2, 0.25) is 0 Å². The Labute approximate surface area is 196 Å². The summed E-state index contributed by atoms with van der Waals surface area (Å²) in [7, 11) is 3.10. The van der Waals surface area contributed by atoms with E-state index in [1.54, 1.807) is 32.2 Å². The first kappa shape index (κ1) is 24.4. The van der Waals surface area contributed by atoms with Crippen molar-refractivity contribution in [1.29, 1.82) is 0 Å². The minimum atomic E-state index is -0.562. The van der Waals surface area contributed by atoms with E-state index in [0.29, 0.717) is 54.7 Å². The van der Waals surface area contributed by atoms with Gasteiger partial charge >= 0.3 is 0 Å². The standard InChI is InChI=1S/C26H34N2O5/c1-17(2)19-6-9-22(10-7-19)33-18(3)26(30)28-14-12-21(13-15-28)27-25(29)20-8-11-23(31-4)24(16-20)32-5/h6-11,16-18,21H,12-15H2,1-5H3,(H,27,29). The van der Waals surface area contributed by atoms with Gasteiger partial charge in [0.25, 0.3) is 11.8 Å². The highest BCUT2D eigenvalue weighted by molar-refractivity contribution is 5.95. The van der Waals surface area contributed by atoms with E-state index in [-0.39, 0.29) is 17.9 Å². The second kappa shape index (κ2) is 11.1. The molecule has 2 aromatic rings. The van der Waals surface area contributed by atoms with E-state index in [2.05, 4.69) is 19.2 Å². The average molecular weight is 455 g/mol. The van der Waals surface area contributed by atoms with Crippen molar-refractivity contribution in [2.75, 3.05) is 27.3 Å². The van der Waals surface area contributed by atoms with Gasteiger partial charge in [-0.2, -0.15) is 0 Å². The first-order valence-corrected chi connectivity index (χ1v) is 11.4. The molecule has 0 radical (unpaired) electrons. The topological polar surface area (TPSA) is 77.1 Å². The van der Waals surface area contributed by atoms with E-state index < -0.39 is 6.10 Å². The van der Waals surface area contributed by atoms with Crippen LogP contribution in [0.5, 0.6) is 17.2 Å². The fraction of sp³-hybridized carbons (Fsp3) is 0.462. The lowest BCUT2D eigenvalue weighted by Gasteiger charge is -2.34. The molecule has 1 heterocycles. The molecule has 1 atom stereocenters. The molecule has 1 unspecified atom stereocenters. The maximum atomic E-state index is 12.8. The molecule has 2 amide bonds. The maximum Gasteiger partial charge on any atom is 0.263 e. The Hall–Kier alpha value is -3.22. The second-order valence-corrected chi connectivity index (χ2v) is 8.63. The van der Waals surface area contributed by atoms with E-state index >= 15 is 0 Å². The molecule has 178 valence electrons. The molecule has 33 heavy (non-hydrogen) atoms. The molecular formula is C26H34N2O5. The predicted molar refractivity (Wildman–Crippen MR) is 127 cm³/mol. The van der Waals surface area contributed by atoms with E-state index in [1.165, 1.54) is 12.7 Å². The van der Waals surface area contributed by atoms with E-state index in [1.807, 2.05) is 29.2 Å². The summed E-state index contributed by atoms with van der Waals surface area (Å²) >= 11 is 0. The van der Waals surface area contributed by atoms with Crippen LogP contribution in [0.15, 0.2) is 42.5 Å². The van der Waals surface area contributed by atoms with Crippen LogP contribution in [0, 0.1) is 0 Å². The second-order valence-electron chi connectivity index (χ2n) is 8.63. The van der Waals surface area contributed by atoms with Crippen molar-refractivity contribution >= 4 is 11.8 Å². The molecular weight excluding hydrogens is 420 g/mol. The van der Waals surface area contributed by atoms with Crippen molar-refractivity contribution in [3.8, 4) is 17.2 Å². The van der Waals surface area contributed by atoms with Crippen LogP contribution < -0.4 is 19.5 Å². The number of nitrogens with zero attached hydrogens (tertiary/aromatic N) is 1. The number of hydrogen-bond donors (Lipinski definition) is 1. The molecule has 0 saturated carbocycles. The molecule has 3 rings (SSSR count). The Balaban J connectivity index is 1.49. The number of carbonyl (C=O) groups is 2. The van der Waals surface area contributed by atoms with Gasteiger partial charge in [-0.15, -0.1) is 0 Å². The van der Waals surface area contributed by atoms with Gasteiger partial charge in [-0.05, 0) is 61.6 Å². The van der Waals surface area contributed by atoms with Gasteiger partial charge in [0.15, 0.2) is 17.6 Å². The van der Waals surface area contributed by atoms with Crippen LogP contribution in [0.1, 0.15) is 55.5 Å². The lowest BCUT2D eigenvalue weighted by atomic mass is 10.0. The smallest absolute Gasteiger partial charge is 0.263 e. The summed E-state index contributed by atoms with van der Waals surface area (Å²) in [5.41, 5.74) is 1.75. The highest BCUT2D eigenvalue weighted by Gasteiger charge is 2.28. The summed E-state index contributed by atoms with van der Waals surface area (Å²) in [6, 6.07) is 13.0.